The fraction of sp³-hybridized carbons (Fsp3) is 0.643. The van der Waals surface area contributed by atoms with E-state index in [0.717, 1.165) is 44.1 Å². The van der Waals surface area contributed by atoms with E-state index in [1.807, 2.05) is 19.9 Å². The maximum atomic E-state index is 13.1. The number of cyclic esters (lactones) is 1. The van der Waals surface area contributed by atoms with Crippen molar-refractivity contribution in [3.05, 3.63) is 46.1 Å². The molecule has 0 saturated heterocycles. The first kappa shape index (κ1) is 22.8. The third kappa shape index (κ3) is 3.04. The Kier molecular flexibility index (Phi) is 5.19. The molecular weight excluding hydrogens is 416 g/mol. The van der Waals surface area contributed by atoms with Gasteiger partial charge in [-0.05, 0) is 76.7 Å². The molecule has 0 amide bonds. The van der Waals surface area contributed by atoms with Gasteiger partial charge in [-0.25, -0.2) is 4.79 Å². The molecule has 6 atom stereocenters. The van der Waals surface area contributed by atoms with Crippen LogP contribution in [0.2, 0.25) is 0 Å². The quantitative estimate of drug-likeness (QED) is 0.491. The molecule has 0 aromatic carbocycles. The Morgan fingerprint density at radius 1 is 1.21 bits per heavy atom. The number of rotatable bonds is 3. The molecular formula is C28H36O5. The number of ether oxygens (including phenoxy) is 1. The lowest BCUT2D eigenvalue weighted by Gasteiger charge is -2.52. The summed E-state index contributed by atoms with van der Waals surface area (Å²) in [6, 6.07) is 0. The summed E-state index contributed by atoms with van der Waals surface area (Å²) < 4.78 is 5.68. The largest absolute Gasteiger partial charge is 0.456 e. The number of aliphatic hydroxyl groups excluding tert-OH is 1. The van der Waals surface area contributed by atoms with E-state index in [4.69, 9.17) is 4.74 Å². The molecule has 0 radical (unpaired) electrons. The first-order valence-electron chi connectivity index (χ1n) is 12.4. The number of carbonyl (C=O) groups excluding carboxylic acids is 2. The topological polar surface area (TPSA) is 83.8 Å². The van der Waals surface area contributed by atoms with Crippen LogP contribution in [0.5, 0.6) is 0 Å². The van der Waals surface area contributed by atoms with Crippen molar-refractivity contribution in [3.8, 4) is 0 Å². The lowest BCUT2D eigenvalue weighted by atomic mass is 9.52. The molecule has 178 valence electrons. The van der Waals surface area contributed by atoms with E-state index < -0.39 is 23.1 Å². The molecule has 5 heteroatoms. The summed E-state index contributed by atoms with van der Waals surface area (Å²) in [5.41, 5.74) is 3.43. The van der Waals surface area contributed by atoms with Crippen LogP contribution >= 0.6 is 0 Å². The van der Waals surface area contributed by atoms with Crippen molar-refractivity contribution in [1.29, 1.82) is 0 Å². The maximum Gasteiger partial charge on any atom is 0.336 e. The van der Waals surface area contributed by atoms with E-state index >= 15 is 0 Å². The van der Waals surface area contributed by atoms with Gasteiger partial charge in [0, 0.05) is 12.3 Å². The summed E-state index contributed by atoms with van der Waals surface area (Å²) in [6.45, 7) is 7.74. The lowest BCUT2D eigenvalue weighted by molar-refractivity contribution is -0.175. The molecule has 6 unspecified atom stereocenters. The number of esters is 1. The van der Waals surface area contributed by atoms with Crippen LogP contribution in [0.4, 0.5) is 0 Å². The van der Waals surface area contributed by atoms with Gasteiger partial charge in [-0.2, -0.15) is 0 Å². The molecule has 0 spiro atoms. The van der Waals surface area contributed by atoms with Gasteiger partial charge in [0.25, 0.3) is 0 Å². The second-order valence-corrected chi connectivity index (χ2v) is 11.5. The van der Waals surface area contributed by atoms with Gasteiger partial charge >= 0.3 is 5.97 Å². The number of fused-ring (bicyclic) bond motifs is 4. The van der Waals surface area contributed by atoms with Crippen LogP contribution in [-0.2, 0) is 14.3 Å². The Morgan fingerprint density at radius 3 is 2.67 bits per heavy atom. The molecule has 1 saturated carbocycles. The number of ketones is 1. The molecule has 4 aliphatic carbocycles. The number of hydrogen-bond acceptors (Lipinski definition) is 5. The van der Waals surface area contributed by atoms with Crippen molar-refractivity contribution >= 4 is 11.8 Å². The van der Waals surface area contributed by atoms with Gasteiger partial charge in [0.1, 0.15) is 11.7 Å². The Bertz CT molecular complexity index is 1040. The summed E-state index contributed by atoms with van der Waals surface area (Å²) in [5, 5.41) is 21.4. The predicted molar refractivity (Wildman–Crippen MR) is 125 cm³/mol. The maximum absolute atomic E-state index is 13.1. The zero-order valence-electron chi connectivity index (χ0n) is 20.2. The minimum atomic E-state index is -1.18. The molecule has 33 heavy (non-hydrogen) atoms. The van der Waals surface area contributed by atoms with E-state index in [9.17, 15) is 19.8 Å². The molecule has 1 aliphatic heterocycles. The SMILES string of the molecule is CC1=C(CO)C(=O)OC(C(C)(O)C2CCC3=C4CC=C5CC=CC(=O)C5(C)C4CCC32C)C1. The van der Waals surface area contributed by atoms with Crippen LogP contribution in [0.25, 0.3) is 0 Å². The van der Waals surface area contributed by atoms with Crippen LogP contribution < -0.4 is 0 Å². The molecule has 5 aliphatic rings. The third-order valence-electron chi connectivity index (χ3n) is 9.97. The standard InChI is InChI=1S/C28H36O5/c1-16-14-24(33-25(31)19(16)15-29)28(4,32)22-11-10-20-18-9-8-17-6-5-7-23(30)27(17,3)21(18)12-13-26(20,22)2/h5,7-8,21-22,24,29,32H,6,9-15H2,1-4H3. The highest BCUT2D eigenvalue weighted by Gasteiger charge is 2.59. The van der Waals surface area contributed by atoms with Crippen LogP contribution in [0, 0.1) is 22.7 Å². The summed E-state index contributed by atoms with van der Waals surface area (Å²) in [5.74, 6) is -0.0795. The highest BCUT2D eigenvalue weighted by atomic mass is 16.6. The van der Waals surface area contributed by atoms with Crippen molar-refractivity contribution in [2.45, 2.75) is 84.3 Å². The Labute approximate surface area is 196 Å². The first-order chi connectivity index (χ1) is 15.5. The monoisotopic (exact) mass is 452 g/mol. The van der Waals surface area contributed by atoms with Gasteiger partial charge in [-0.3, -0.25) is 4.79 Å². The van der Waals surface area contributed by atoms with E-state index in [2.05, 4.69) is 19.9 Å². The molecule has 1 fully saturated rings. The normalized spacial score (nSPS) is 40.1. The van der Waals surface area contributed by atoms with Gasteiger partial charge < -0.3 is 14.9 Å². The molecule has 0 bridgehead atoms. The fourth-order valence-electron chi connectivity index (χ4n) is 7.95. The van der Waals surface area contributed by atoms with Gasteiger partial charge in [0.05, 0.1) is 17.6 Å². The second-order valence-electron chi connectivity index (χ2n) is 11.5. The molecule has 0 aromatic heterocycles. The second kappa shape index (κ2) is 7.51. The summed E-state index contributed by atoms with van der Waals surface area (Å²) in [4.78, 5) is 25.5. The molecule has 1 heterocycles. The van der Waals surface area contributed by atoms with Gasteiger partial charge in [0.15, 0.2) is 5.78 Å². The summed E-state index contributed by atoms with van der Waals surface area (Å²) in [6.07, 6.45) is 11.3. The van der Waals surface area contributed by atoms with E-state index in [1.54, 1.807) is 6.08 Å². The average molecular weight is 453 g/mol. The van der Waals surface area contributed by atoms with E-state index in [1.165, 1.54) is 16.7 Å². The highest BCUT2D eigenvalue weighted by molar-refractivity contribution is 5.99. The Morgan fingerprint density at radius 2 is 1.97 bits per heavy atom. The third-order valence-corrected chi connectivity index (χ3v) is 9.97. The molecule has 5 rings (SSSR count). The zero-order chi connectivity index (χ0) is 23.8. The molecule has 0 aromatic rings. The minimum absolute atomic E-state index is 0.0325. The molecule has 2 N–H and O–H groups in total. The smallest absolute Gasteiger partial charge is 0.336 e. The van der Waals surface area contributed by atoms with Crippen LogP contribution in [0.1, 0.15) is 72.6 Å². The van der Waals surface area contributed by atoms with Gasteiger partial charge in [0.2, 0.25) is 0 Å². The van der Waals surface area contributed by atoms with Crippen LogP contribution in [-0.4, -0.2) is 40.3 Å². The van der Waals surface area contributed by atoms with Crippen molar-refractivity contribution in [2.75, 3.05) is 6.61 Å². The van der Waals surface area contributed by atoms with Gasteiger partial charge in [-0.15, -0.1) is 0 Å². The Balaban J connectivity index is 1.50. The van der Waals surface area contributed by atoms with Crippen molar-refractivity contribution in [1.82, 2.24) is 0 Å². The first-order valence-corrected chi connectivity index (χ1v) is 12.4. The van der Waals surface area contributed by atoms with Crippen molar-refractivity contribution in [3.63, 3.8) is 0 Å². The fourth-order valence-corrected chi connectivity index (χ4v) is 7.95. The van der Waals surface area contributed by atoms with Crippen LogP contribution in [0.15, 0.2) is 46.1 Å². The number of allylic oxidation sites excluding steroid dienone is 6. The average Bonchev–Trinajstić information content (AvgIpc) is 3.12. The minimum Gasteiger partial charge on any atom is -0.456 e. The van der Waals surface area contributed by atoms with Crippen molar-refractivity contribution in [2.24, 2.45) is 22.7 Å². The van der Waals surface area contributed by atoms with Crippen LogP contribution in [0.3, 0.4) is 0 Å². The predicted octanol–water partition coefficient (Wildman–Crippen LogP) is 4.35. The molecule has 5 nitrogen and oxygen atoms in total. The number of hydrogen-bond donors (Lipinski definition) is 2. The zero-order valence-corrected chi connectivity index (χ0v) is 20.2. The van der Waals surface area contributed by atoms with E-state index in [0.29, 0.717) is 12.0 Å². The lowest BCUT2D eigenvalue weighted by Crippen LogP contribution is -2.54. The highest BCUT2D eigenvalue weighted by Crippen LogP contribution is 2.64. The van der Waals surface area contributed by atoms with E-state index in [-0.39, 0.29) is 29.6 Å². The Hall–Kier alpha value is -1.98. The number of aliphatic hydroxyl groups is 2. The number of carbonyl (C=O) groups is 2. The van der Waals surface area contributed by atoms with Crippen molar-refractivity contribution < 1.29 is 24.5 Å². The van der Waals surface area contributed by atoms with Gasteiger partial charge in [-0.1, -0.05) is 41.4 Å². The summed E-state index contributed by atoms with van der Waals surface area (Å²) >= 11 is 0. The summed E-state index contributed by atoms with van der Waals surface area (Å²) in [7, 11) is 0.